The van der Waals surface area contributed by atoms with Gasteiger partial charge in [0.25, 0.3) is 0 Å². The van der Waals surface area contributed by atoms with Crippen molar-refractivity contribution in [1.29, 1.82) is 0 Å². The number of benzene rings is 2. The Labute approximate surface area is 192 Å². The summed E-state index contributed by atoms with van der Waals surface area (Å²) in [5, 5.41) is 7.04. The van der Waals surface area contributed by atoms with Crippen LogP contribution >= 0.6 is 23.8 Å². The number of anilines is 1. The van der Waals surface area contributed by atoms with Gasteiger partial charge >= 0.3 is 0 Å². The second-order valence-electron chi connectivity index (χ2n) is 7.33. The monoisotopic (exact) mass is 454 g/mol. The van der Waals surface area contributed by atoms with Gasteiger partial charge in [0, 0.05) is 31.2 Å². The molecule has 2 heterocycles. The second kappa shape index (κ2) is 10.0. The highest BCUT2D eigenvalue weighted by Crippen LogP contribution is 2.34. The SMILES string of the molecule is S=C(NCC1(c2ccccc2)CCOCC1)Nc1nc(Cl)cc(Oc2ccccc2)n1. The predicted octanol–water partition coefficient (Wildman–Crippen LogP) is 4.96. The molecule has 1 aliphatic rings. The summed E-state index contributed by atoms with van der Waals surface area (Å²) in [6, 6.07) is 21.4. The number of halogens is 1. The van der Waals surface area contributed by atoms with Crippen molar-refractivity contribution in [2.45, 2.75) is 18.3 Å². The van der Waals surface area contributed by atoms with E-state index in [4.69, 9.17) is 33.3 Å². The van der Waals surface area contributed by atoms with Gasteiger partial charge in [-0.3, -0.25) is 0 Å². The number of aromatic nitrogens is 2. The number of para-hydroxylation sites is 1. The quantitative estimate of drug-likeness (QED) is 0.403. The summed E-state index contributed by atoms with van der Waals surface area (Å²) in [6.07, 6.45) is 1.85. The molecule has 0 amide bonds. The average Bonchev–Trinajstić information content (AvgIpc) is 2.79. The molecule has 4 rings (SSSR count). The van der Waals surface area contributed by atoms with Crippen molar-refractivity contribution < 1.29 is 9.47 Å². The summed E-state index contributed by atoms with van der Waals surface area (Å²) in [5.74, 6) is 1.27. The first kappa shape index (κ1) is 21.5. The molecule has 1 saturated heterocycles. The highest BCUT2D eigenvalue weighted by molar-refractivity contribution is 7.80. The van der Waals surface area contributed by atoms with E-state index < -0.39 is 0 Å². The van der Waals surface area contributed by atoms with Gasteiger partial charge in [0.1, 0.15) is 10.9 Å². The number of thiocarbonyl (C=S) groups is 1. The van der Waals surface area contributed by atoms with Crippen molar-refractivity contribution in [3.63, 3.8) is 0 Å². The van der Waals surface area contributed by atoms with Crippen molar-refractivity contribution in [3.8, 4) is 11.6 Å². The molecule has 2 aromatic carbocycles. The van der Waals surface area contributed by atoms with Crippen LogP contribution in [0.1, 0.15) is 18.4 Å². The van der Waals surface area contributed by atoms with Gasteiger partial charge in [-0.25, -0.2) is 4.98 Å². The zero-order chi connectivity index (χ0) is 21.5. The molecule has 2 N–H and O–H groups in total. The molecule has 1 aliphatic heterocycles. The van der Waals surface area contributed by atoms with Crippen LogP contribution in [0.5, 0.6) is 11.6 Å². The number of hydrogen-bond acceptors (Lipinski definition) is 5. The fraction of sp³-hybridized carbons (Fsp3) is 0.261. The third-order valence-corrected chi connectivity index (χ3v) is 5.73. The van der Waals surface area contributed by atoms with Gasteiger partial charge in [0.15, 0.2) is 5.11 Å². The van der Waals surface area contributed by atoms with E-state index >= 15 is 0 Å². The van der Waals surface area contributed by atoms with Gasteiger partial charge in [0.2, 0.25) is 11.8 Å². The lowest BCUT2D eigenvalue weighted by atomic mass is 9.74. The summed E-state index contributed by atoms with van der Waals surface area (Å²) >= 11 is 11.7. The van der Waals surface area contributed by atoms with E-state index in [-0.39, 0.29) is 16.5 Å². The van der Waals surface area contributed by atoms with Crippen LogP contribution < -0.4 is 15.4 Å². The zero-order valence-corrected chi connectivity index (χ0v) is 18.5. The van der Waals surface area contributed by atoms with E-state index in [9.17, 15) is 0 Å². The van der Waals surface area contributed by atoms with Gasteiger partial charge in [-0.2, -0.15) is 4.98 Å². The molecule has 0 atom stereocenters. The van der Waals surface area contributed by atoms with E-state index in [0.29, 0.717) is 23.3 Å². The van der Waals surface area contributed by atoms with Gasteiger partial charge in [-0.1, -0.05) is 60.1 Å². The first-order valence-electron chi connectivity index (χ1n) is 10.1. The topological polar surface area (TPSA) is 68.3 Å². The zero-order valence-electron chi connectivity index (χ0n) is 16.9. The third kappa shape index (κ3) is 5.70. The Morgan fingerprint density at radius 1 is 1.03 bits per heavy atom. The molecule has 3 aromatic rings. The molecular formula is C23H23ClN4O2S. The average molecular weight is 455 g/mol. The van der Waals surface area contributed by atoms with Crippen molar-refractivity contribution in [2.75, 3.05) is 25.1 Å². The molecular weight excluding hydrogens is 432 g/mol. The maximum atomic E-state index is 6.15. The van der Waals surface area contributed by atoms with Gasteiger partial charge < -0.3 is 20.1 Å². The van der Waals surface area contributed by atoms with E-state index in [0.717, 1.165) is 26.1 Å². The van der Waals surface area contributed by atoms with E-state index in [1.165, 1.54) is 5.56 Å². The van der Waals surface area contributed by atoms with Gasteiger partial charge in [0.05, 0.1) is 0 Å². The lowest BCUT2D eigenvalue weighted by Gasteiger charge is -2.38. The van der Waals surface area contributed by atoms with Crippen molar-refractivity contribution in [1.82, 2.24) is 15.3 Å². The summed E-state index contributed by atoms with van der Waals surface area (Å²) in [6.45, 7) is 2.14. The smallest absolute Gasteiger partial charge is 0.233 e. The molecule has 1 aromatic heterocycles. The maximum absolute atomic E-state index is 6.15. The molecule has 0 spiro atoms. The van der Waals surface area contributed by atoms with Crippen LogP contribution in [0.25, 0.3) is 0 Å². The van der Waals surface area contributed by atoms with Crippen LogP contribution in [0.3, 0.4) is 0 Å². The Morgan fingerprint density at radius 3 is 2.42 bits per heavy atom. The van der Waals surface area contributed by atoms with Crippen LogP contribution in [0, 0.1) is 0 Å². The normalized spacial score (nSPS) is 15.1. The summed E-state index contributed by atoms with van der Waals surface area (Å²) in [7, 11) is 0. The van der Waals surface area contributed by atoms with Crippen LogP contribution in [0.4, 0.5) is 5.95 Å². The first-order chi connectivity index (χ1) is 15.1. The second-order valence-corrected chi connectivity index (χ2v) is 8.13. The van der Waals surface area contributed by atoms with Crippen molar-refractivity contribution in [2.24, 2.45) is 0 Å². The van der Waals surface area contributed by atoms with Crippen molar-refractivity contribution >= 4 is 34.9 Å². The van der Waals surface area contributed by atoms with Crippen LogP contribution in [0.15, 0.2) is 66.7 Å². The maximum Gasteiger partial charge on any atom is 0.233 e. The Morgan fingerprint density at radius 2 is 1.71 bits per heavy atom. The van der Waals surface area contributed by atoms with E-state index in [1.54, 1.807) is 6.07 Å². The minimum atomic E-state index is -0.0397. The third-order valence-electron chi connectivity index (χ3n) is 5.29. The fourth-order valence-electron chi connectivity index (χ4n) is 3.63. The number of rotatable bonds is 6. The highest BCUT2D eigenvalue weighted by atomic mass is 35.5. The summed E-state index contributed by atoms with van der Waals surface area (Å²) in [5.41, 5.74) is 1.24. The minimum Gasteiger partial charge on any atom is -0.439 e. The summed E-state index contributed by atoms with van der Waals surface area (Å²) < 4.78 is 11.4. The molecule has 160 valence electrons. The molecule has 0 radical (unpaired) electrons. The van der Waals surface area contributed by atoms with Gasteiger partial charge in [-0.05, 0) is 42.8 Å². The van der Waals surface area contributed by atoms with Gasteiger partial charge in [-0.15, -0.1) is 0 Å². The predicted molar refractivity (Wildman–Crippen MR) is 126 cm³/mol. The van der Waals surface area contributed by atoms with E-state index in [1.807, 2.05) is 36.4 Å². The molecule has 0 unspecified atom stereocenters. The molecule has 6 nitrogen and oxygen atoms in total. The van der Waals surface area contributed by atoms with Crippen molar-refractivity contribution in [3.05, 3.63) is 77.4 Å². The van der Waals surface area contributed by atoms with Crippen LogP contribution in [-0.2, 0) is 10.2 Å². The number of ether oxygens (including phenoxy) is 2. The molecule has 1 fully saturated rings. The Kier molecular flexibility index (Phi) is 6.96. The Balaban J connectivity index is 1.42. The number of nitrogens with one attached hydrogen (secondary N) is 2. The standard InChI is InChI=1S/C23H23ClN4O2S/c24-19-15-20(30-18-9-5-2-6-10-18)27-21(26-19)28-22(31)25-16-23(11-13-29-14-12-23)17-7-3-1-4-8-17/h1-10,15H,11-14,16H2,(H2,25,26,27,28,31). The Bertz CT molecular complexity index is 1010. The highest BCUT2D eigenvalue weighted by Gasteiger charge is 2.34. The molecule has 0 aliphatic carbocycles. The van der Waals surface area contributed by atoms with Crippen LogP contribution in [-0.4, -0.2) is 34.8 Å². The number of nitrogens with zero attached hydrogens (tertiary/aromatic N) is 2. The molecule has 0 bridgehead atoms. The lowest BCUT2D eigenvalue weighted by molar-refractivity contribution is 0.0515. The largest absolute Gasteiger partial charge is 0.439 e. The molecule has 8 heteroatoms. The summed E-state index contributed by atoms with van der Waals surface area (Å²) in [4.78, 5) is 8.56. The van der Waals surface area contributed by atoms with Crippen LogP contribution in [0.2, 0.25) is 5.15 Å². The number of hydrogen-bond donors (Lipinski definition) is 2. The fourth-order valence-corrected chi connectivity index (χ4v) is 3.97. The molecule has 31 heavy (non-hydrogen) atoms. The first-order valence-corrected chi connectivity index (χ1v) is 10.9. The Hall–Kier alpha value is -2.74. The molecule has 0 saturated carbocycles. The lowest BCUT2D eigenvalue weighted by Crippen LogP contribution is -2.45. The van der Waals surface area contributed by atoms with E-state index in [2.05, 4.69) is 44.9 Å². The minimum absolute atomic E-state index is 0.0397.